The molecule has 5 heteroatoms. The molecule has 4 nitrogen and oxygen atoms in total. The molecule has 0 aliphatic heterocycles. The van der Waals surface area contributed by atoms with Gasteiger partial charge in [-0.25, -0.2) is 4.98 Å². The van der Waals surface area contributed by atoms with Crippen molar-refractivity contribution in [2.75, 3.05) is 0 Å². The van der Waals surface area contributed by atoms with Crippen LogP contribution in [-0.4, -0.2) is 15.1 Å². The molecule has 0 saturated heterocycles. The van der Waals surface area contributed by atoms with E-state index < -0.39 is 0 Å². The van der Waals surface area contributed by atoms with E-state index in [0.717, 1.165) is 22.4 Å². The maximum Gasteiger partial charge on any atom is 0.217 e. The maximum atomic E-state index is 10.7. The second-order valence-corrected chi connectivity index (χ2v) is 12.1. The van der Waals surface area contributed by atoms with E-state index in [2.05, 4.69) is 82.9 Å². The Morgan fingerprint density at radius 3 is 1.95 bits per heavy atom. The summed E-state index contributed by atoms with van der Waals surface area (Å²) in [4.78, 5) is 9.25. The molecule has 0 amide bonds. The Kier molecular flexibility index (Phi) is 8.85. The summed E-state index contributed by atoms with van der Waals surface area (Å²) in [7, 11) is 0. The molecule has 2 heterocycles. The molecule has 0 saturated carbocycles. The molecule has 212 valence electrons. The van der Waals surface area contributed by atoms with Crippen molar-refractivity contribution in [1.82, 2.24) is 9.97 Å². The van der Waals surface area contributed by atoms with Crippen LogP contribution in [-0.2, 0) is 31.9 Å². The number of pyridine rings is 2. The smallest absolute Gasteiger partial charge is 0.217 e. The Morgan fingerprint density at radius 2 is 1.32 bits per heavy atom. The molecule has 0 spiro atoms. The minimum Gasteiger partial charge on any atom is -0.507 e. The summed E-state index contributed by atoms with van der Waals surface area (Å²) in [6.45, 7) is 13.5. The van der Waals surface area contributed by atoms with E-state index in [1.807, 2.05) is 54.6 Å². The van der Waals surface area contributed by atoms with E-state index in [4.69, 9.17) is 9.72 Å². The first-order chi connectivity index (χ1) is 19.0. The summed E-state index contributed by atoms with van der Waals surface area (Å²) < 4.78 is 5.96. The van der Waals surface area contributed by atoms with Crippen molar-refractivity contribution in [1.29, 1.82) is 0 Å². The van der Waals surface area contributed by atoms with Crippen molar-refractivity contribution in [3.63, 3.8) is 0 Å². The van der Waals surface area contributed by atoms with E-state index in [0.29, 0.717) is 22.9 Å². The molecule has 0 aliphatic carbocycles. The molecule has 0 aliphatic rings. The van der Waals surface area contributed by atoms with E-state index in [9.17, 15) is 5.11 Å². The molecule has 1 N–H and O–H groups in total. The number of aromatic nitrogens is 2. The van der Waals surface area contributed by atoms with Gasteiger partial charge in [-0.3, -0.25) is 4.98 Å². The van der Waals surface area contributed by atoms with Gasteiger partial charge in [-0.05, 0) is 63.0 Å². The monoisotopic (exact) mass is 722 g/mol. The number of aromatic hydroxyl groups is 1. The minimum atomic E-state index is -0.0165. The Balaban J connectivity index is 0.00000387. The van der Waals surface area contributed by atoms with Crippen LogP contribution in [0.4, 0.5) is 0 Å². The van der Waals surface area contributed by atoms with Crippen molar-refractivity contribution in [3.8, 4) is 51.0 Å². The Labute approximate surface area is 257 Å². The van der Waals surface area contributed by atoms with Crippen molar-refractivity contribution in [3.05, 3.63) is 114 Å². The van der Waals surface area contributed by atoms with Crippen molar-refractivity contribution < 1.29 is 30.9 Å². The van der Waals surface area contributed by atoms with Crippen LogP contribution in [0.5, 0.6) is 17.4 Å². The number of hydrogen-bond donors (Lipinski definition) is 1. The fraction of sp³-hybridized carbons (Fsp3) is 0.222. The third-order valence-corrected chi connectivity index (χ3v) is 6.90. The summed E-state index contributed by atoms with van der Waals surface area (Å²) in [5, 5.41) is 10.7. The Hall–Kier alpha value is -3.75. The third-order valence-electron chi connectivity index (χ3n) is 6.90. The number of benzene rings is 3. The normalized spacial score (nSPS) is 11.6. The zero-order valence-electron chi connectivity index (χ0n) is 24.3. The van der Waals surface area contributed by atoms with Gasteiger partial charge in [0.25, 0.3) is 0 Å². The second kappa shape index (κ2) is 12.0. The van der Waals surface area contributed by atoms with Crippen LogP contribution in [0.1, 0.15) is 52.7 Å². The average Bonchev–Trinajstić information content (AvgIpc) is 2.92. The van der Waals surface area contributed by atoms with E-state index in [1.165, 1.54) is 11.1 Å². The predicted octanol–water partition coefficient (Wildman–Crippen LogP) is 9.37. The summed E-state index contributed by atoms with van der Waals surface area (Å²) >= 11 is 0. The minimum absolute atomic E-state index is 0. The van der Waals surface area contributed by atoms with Crippen LogP contribution < -0.4 is 4.74 Å². The van der Waals surface area contributed by atoms with E-state index in [1.54, 1.807) is 12.3 Å². The van der Waals surface area contributed by atoms with Gasteiger partial charge in [0.05, 0.1) is 5.69 Å². The first-order valence-electron chi connectivity index (χ1n) is 13.6. The predicted molar refractivity (Wildman–Crippen MR) is 163 cm³/mol. The summed E-state index contributed by atoms with van der Waals surface area (Å²) in [6.07, 6.45) is 1.69. The SMILES string of the molecule is CC(C)(C)c1cc(-c2cc(-c3[c-]c(Oc4ccccn4)ccc3)nc(-c3ccccc3O)c2)cc(C(C)(C)C)c1.[Pt]. The van der Waals surface area contributed by atoms with Crippen LogP contribution in [0.2, 0.25) is 0 Å². The van der Waals surface area contributed by atoms with Gasteiger partial charge in [0.1, 0.15) is 5.75 Å². The summed E-state index contributed by atoms with van der Waals surface area (Å²) in [6, 6.07) is 33.0. The molecule has 0 unspecified atom stereocenters. The van der Waals surface area contributed by atoms with Crippen LogP contribution in [0.15, 0.2) is 97.2 Å². The van der Waals surface area contributed by atoms with Crippen LogP contribution in [0, 0.1) is 6.07 Å². The first-order valence-corrected chi connectivity index (χ1v) is 13.6. The number of rotatable bonds is 5. The third kappa shape index (κ3) is 7.13. The van der Waals surface area contributed by atoms with Gasteiger partial charge in [0.2, 0.25) is 5.88 Å². The number of ether oxygens (including phenoxy) is 1. The first kappa shape index (κ1) is 30.2. The zero-order valence-corrected chi connectivity index (χ0v) is 26.6. The number of para-hydroxylation sites is 1. The standard InChI is InChI=1S/C36H35N2O2.Pt/c1-35(2,3)27-18-25(19-28(23-27)36(4,5)6)26-21-31(38-32(22-26)30-14-7-8-15-33(30)39)24-12-11-13-29(20-24)40-34-16-9-10-17-37-34;/h7-19,21-23,39H,1-6H3;/q-1;. The Bertz CT molecular complexity index is 1620. The van der Waals surface area contributed by atoms with Crippen LogP contribution >= 0.6 is 0 Å². The van der Waals surface area contributed by atoms with E-state index in [-0.39, 0.29) is 37.6 Å². The van der Waals surface area contributed by atoms with Gasteiger partial charge in [-0.15, -0.1) is 23.8 Å². The molecule has 5 rings (SSSR count). The molecular weight excluding hydrogens is 687 g/mol. The van der Waals surface area contributed by atoms with Gasteiger partial charge in [-0.1, -0.05) is 90.1 Å². The fourth-order valence-electron chi connectivity index (χ4n) is 4.50. The zero-order chi connectivity index (χ0) is 28.5. The Morgan fingerprint density at radius 1 is 0.683 bits per heavy atom. The van der Waals surface area contributed by atoms with Gasteiger partial charge in [0.15, 0.2) is 0 Å². The average molecular weight is 723 g/mol. The summed E-state index contributed by atoms with van der Waals surface area (Å²) in [5.74, 6) is 1.24. The molecule has 0 atom stereocenters. The van der Waals surface area contributed by atoms with Gasteiger partial charge < -0.3 is 9.84 Å². The van der Waals surface area contributed by atoms with Gasteiger partial charge in [0, 0.05) is 44.6 Å². The van der Waals surface area contributed by atoms with Crippen molar-refractivity contribution in [2.45, 2.75) is 52.4 Å². The molecule has 3 aromatic carbocycles. The molecule has 5 aromatic rings. The number of hydrogen-bond acceptors (Lipinski definition) is 4. The van der Waals surface area contributed by atoms with Crippen molar-refractivity contribution in [2.24, 2.45) is 0 Å². The molecule has 0 fully saturated rings. The molecule has 41 heavy (non-hydrogen) atoms. The quantitative estimate of drug-likeness (QED) is 0.184. The number of phenols is 1. The molecular formula is C36H35N2O2Pt-. The topological polar surface area (TPSA) is 55.2 Å². The number of nitrogens with zero attached hydrogens (tertiary/aromatic N) is 2. The van der Waals surface area contributed by atoms with Crippen LogP contribution in [0.3, 0.4) is 0 Å². The van der Waals surface area contributed by atoms with Gasteiger partial charge in [-0.2, -0.15) is 0 Å². The largest absolute Gasteiger partial charge is 0.507 e. The number of phenolic OH excluding ortho intramolecular Hbond substituents is 1. The molecule has 0 bridgehead atoms. The molecule has 2 aromatic heterocycles. The summed E-state index contributed by atoms with van der Waals surface area (Å²) in [5.41, 5.74) is 7.53. The van der Waals surface area contributed by atoms with Gasteiger partial charge >= 0.3 is 0 Å². The maximum absolute atomic E-state index is 10.7. The second-order valence-electron chi connectivity index (χ2n) is 12.1. The van der Waals surface area contributed by atoms with Crippen molar-refractivity contribution >= 4 is 0 Å². The fourth-order valence-corrected chi connectivity index (χ4v) is 4.50. The van der Waals surface area contributed by atoms with E-state index >= 15 is 0 Å². The van der Waals surface area contributed by atoms with Crippen LogP contribution in [0.25, 0.3) is 33.6 Å². The molecule has 0 radical (unpaired) electrons.